The van der Waals surface area contributed by atoms with E-state index in [4.69, 9.17) is 9.47 Å². The molecule has 0 unspecified atom stereocenters. The zero-order valence-corrected chi connectivity index (χ0v) is 12.0. The van der Waals surface area contributed by atoms with Crippen molar-refractivity contribution in [3.05, 3.63) is 64.1 Å². The molecule has 0 spiro atoms. The summed E-state index contributed by atoms with van der Waals surface area (Å²) < 4.78 is 11.3. The number of benzene rings is 2. The highest BCUT2D eigenvalue weighted by molar-refractivity contribution is 9.10. The van der Waals surface area contributed by atoms with E-state index in [-0.39, 0.29) is 12.6 Å². The number of hydrogen-bond donors (Lipinski definition) is 0. The van der Waals surface area contributed by atoms with Gasteiger partial charge in [0.15, 0.2) is 0 Å². The average molecular weight is 321 g/mol. The van der Waals surface area contributed by atoms with Crippen LogP contribution < -0.4 is 4.74 Å². The smallest absolute Gasteiger partial charge is 0.338 e. The van der Waals surface area contributed by atoms with Crippen LogP contribution in [-0.2, 0) is 11.3 Å². The highest BCUT2D eigenvalue weighted by Gasteiger charge is 2.07. The highest BCUT2D eigenvalue weighted by atomic mass is 79.9. The van der Waals surface area contributed by atoms with Crippen LogP contribution >= 0.6 is 15.9 Å². The number of carbonyl (C=O) groups excluding carboxylic acids is 1. The quantitative estimate of drug-likeness (QED) is 0.803. The third kappa shape index (κ3) is 3.83. The molecule has 0 aromatic heterocycles. The Morgan fingerprint density at radius 2 is 1.68 bits per heavy atom. The zero-order valence-electron chi connectivity index (χ0n) is 10.4. The first kappa shape index (κ1) is 13.6. The summed E-state index contributed by atoms with van der Waals surface area (Å²) in [6, 6.07) is 14.5. The van der Waals surface area contributed by atoms with Gasteiger partial charge in [0.1, 0.15) is 12.4 Å². The van der Waals surface area contributed by atoms with Gasteiger partial charge in [-0.15, -0.1) is 0 Å². The number of esters is 1. The summed E-state index contributed by atoms with van der Waals surface area (Å²) in [7, 11) is 1.58. The van der Waals surface area contributed by atoms with Gasteiger partial charge in [0.05, 0.1) is 12.7 Å². The third-order valence-corrected chi connectivity index (χ3v) is 3.14. The fraction of sp³-hybridized carbons (Fsp3) is 0.133. The van der Waals surface area contributed by atoms with Crippen molar-refractivity contribution < 1.29 is 14.3 Å². The average Bonchev–Trinajstić information content (AvgIpc) is 2.46. The van der Waals surface area contributed by atoms with E-state index in [1.807, 2.05) is 24.3 Å². The van der Waals surface area contributed by atoms with Crippen LogP contribution in [0.2, 0.25) is 0 Å². The van der Waals surface area contributed by atoms with E-state index in [2.05, 4.69) is 15.9 Å². The summed E-state index contributed by atoms with van der Waals surface area (Å²) >= 11 is 3.36. The number of carbonyl (C=O) groups is 1. The Labute approximate surface area is 120 Å². The third-order valence-electron chi connectivity index (χ3n) is 2.61. The molecule has 0 amide bonds. The van der Waals surface area contributed by atoms with Crippen molar-refractivity contribution in [2.45, 2.75) is 6.61 Å². The molecule has 0 bridgehead atoms. The minimum Gasteiger partial charge on any atom is -0.497 e. The van der Waals surface area contributed by atoms with Crippen molar-refractivity contribution in [2.24, 2.45) is 0 Å². The summed E-state index contributed by atoms with van der Waals surface area (Å²) in [4.78, 5) is 11.8. The van der Waals surface area contributed by atoms with Gasteiger partial charge in [-0.2, -0.15) is 0 Å². The summed E-state index contributed by atoms with van der Waals surface area (Å²) in [6.45, 7) is 0.262. The van der Waals surface area contributed by atoms with Crippen LogP contribution in [0.15, 0.2) is 53.0 Å². The van der Waals surface area contributed by atoms with Crippen molar-refractivity contribution in [1.82, 2.24) is 0 Å². The summed E-state index contributed by atoms with van der Waals surface area (Å²) in [6.07, 6.45) is 0. The summed E-state index contributed by atoms with van der Waals surface area (Å²) in [5.41, 5.74) is 1.46. The van der Waals surface area contributed by atoms with Crippen molar-refractivity contribution in [2.75, 3.05) is 7.11 Å². The Morgan fingerprint density at radius 3 is 2.26 bits per heavy atom. The van der Waals surface area contributed by atoms with Crippen molar-refractivity contribution in [3.8, 4) is 5.75 Å². The molecule has 0 heterocycles. The molecule has 3 nitrogen and oxygen atoms in total. The Bertz CT molecular complexity index is 547. The molecular formula is C15H13BrO3. The molecule has 4 heteroatoms. The normalized spacial score (nSPS) is 10.0. The highest BCUT2D eigenvalue weighted by Crippen LogP contribution is 2.14. The fourth-order valence-corrected chi connectivity index (χ4v) is 1.80. The number of ether oxygens (including phenoxy) is 2. The lowest BCUT2D eigenvalue weighted by Gasteiger charge is -2.06. The first-order valence-electron chi connectivity index (χ1n) is 5.74. The van der Waals surface area contributed by atoms with Crippen molar-refractivity contribution >= 4 is 21.9 Å². The van der Waals surface area contributed by atoms with E-state index >= 15 is 0 Å². The second kappa shape index (κ2) is 6.38. The van der Waals surface area contributed by atoms with Crippen LogP contribution in [0.3, 0.4) is 0 Å². The monoisotopic (exact) mass is 320 g/mol. The molecule has 0 radical (unpaired) electrons. The second-order valence-electron chi connectivity index (χ2n) is 3.93. The predicted molar refractivity (Wildman–Crippen MR) is 76.3 cm³/mol. The van der Waals surface area contributed by atoms with Crippen LogP contribution in [0.5, 0.6) is 5.75 Å². The maximum Gasteiger partial charge on any atom is 0.338 e. The number of methoxy groups -OCH3 is 1. The standard InChI is InChI=1S/C15H13BrO3/c1-18-14-8-4-12(5-9-14)15(17)19-10-11-2-6-13(16)7-3-11/h2-9H,10H2,1H3. The van der Waals surface area contributed by atoms with Crippen LogP contribution in [0.1, 0.15) is 15.9 Å². The fourth-order valence-electron chi connectivity index (χ4n) is 1.54. The van der Waals surface area contributed by atoms with Gasteiger partial charge in [0, 0.05) is 4.47 Å². The molecule has 0 saturated heterocycles. The number of rotatable bonds is 4. The molecule has 0 aliphatic rings. The van der Waals surface area contributed by atoms with Gasteiger partial charge in [0.2, 0.25) is 0 Å². The number of hydrogen-bond acceptors (Lipinski definition) is 3. The van der Waals surface area contributed by atoms with E-state index in [0.29, 0.717) is 11.3 Å². The van der Waals surface area contributed by atoms with E-state index in [1.54, 1.807) is 31.4 Å². The van der Waals surface area contributed by atoms with Gasteiger partial charge in [-0.25, -0.2) is 4.79 Å². The topological polar surface area (TPSA) is 35.5 Å². The molecule has 19 heavy (non-hydrogen) atoms. The van der Waals surface area contributed by atoms with Gasteiger partial charge >= 0.3 is 5.97 Å². The first-order valence-corrected chi connectivity index (χ1v) is 6.54. The lowest BCUT2D eigenvalue weighted by Crippen LogP contribution is -2.05. The predicted octanol–water partition coefficient (Wildman–Crippen LogP) is 3.81. The van der Waals surface area contributed by atoms with E-state index < -0.39 is 0 Å². The Balaban J connectivity index is 1.95. The maximum absolute atomic E-state index is 11.8. The van der Waals surface area contributed by atoms with Crippen LogP contribution in [0.25, 0.3) is 0 Å². The molecule has 98 valence electrons. The second-order valence-corrected chi connectivity index (χ2v) is 4.85. The van der Waals surface area contributed by atoms with Gasteiger partial charge in [-0.3, -0.25) is 0 Å². The summed E-state index contributed by atoms with van der Waals surface area (Å²) in [5, 5.41) is 0. The Hall–Kier alpha value is -1.81. The molecule has 0 aliphatic carbocycles. The Kier molecular flexibility index (Phi) is 4.58. The summed E-state index contributed by atoms with van der Waals surface area (Å²) in [5.74, 6) is 0.370. The van der Waals surface area contributed by atoms with Crippen LogP contribution in [-0.4, -0.2) is 13.1 Å². The van der Waals surface area contributed by atoms with E-state index in [0.717, 1.165) is 10.0 Å². The minimum atomic E-state index is -0.342. The molecule has 0 saturated carbocycles. The van der Waals surface area contributed by atoms with Gasteiger partial charge in [-0.1, -0.05) is 28.1 Å². The minimum absolute atomic E-state index is 0.262. The number of halogens is 1. The van der Waals surface area contributed by atoms with E-state index in [1.165, 1.54) is 0 Å². The lowest BCUT2D eigenvalue weighted by atomic mass is 10.2. The first-order chi connectivity index (χ1) is 9.19. The van der Waals surface area contributed by atoms with Crippen molar-refractivity contribution in [3.63, 3.8) is 0 Å². The van der Waals surface area contributed by atoms with Crippen molar-refractivity contribution in [1.29, 1.82) is 0 Å². The zero-order chi connectivity index (χ0) is 13.7. The molecule has 0 fully saturated rings. The molecule has 0 atom stereocenters. The van der Waals surface area contributed by atoms with E-state index in [9.17, 15) is 4.79 Å². The molecular weight excluding hydrogens is 308 g/mol. The lowest BCUT2D eigenvalue weighted by molar-refractivity contribution is 0.0472. The van der Waals surface area contributed by atoms with Crippen LogP contribution in [0.4, 0.5) is 0 Å². The van der Waals surface area contributed by atoms with Gasteiger partial charge < -0.3 is 9.47 Å². The molecule has 2 aromatic carbocycles. The maximum atomic E-state index is 11.8. The molecule has 0 N–H and O–H groups in total. The molecule has 0 aliphatic heterocycles. The molecule has 2 rings (SSSR count). The van der Waals surface area contributed by atoms with Gasteiger partial charge in [0.25, 0.3) is 0 Å². The van der Waals surface area contributed by atoms with Crippen LogP contribution in [0, 0.1) is 0 Å². The largest absolute Gasteiger partial charge is 0.497 e. The Morgan fingerprint density at radius 1 is 1.05 bits per heavy atom. The van der Waals surface area contributed by atoms with Gasteiger partial charge in [-0.05, 0) is 42.0 Å². The molecule has 2 aromatic rings. The SMILES string of the molecule is COc1ccc(C(=O)OCc2ccc(Br)cc2)cc1.